The Morgan fingerprint density at radius 1 is 1.05 bits per heavy atom. The monoisotopic (exact) mass is 323 g/mol. The van der Waals surface area contributed by atoms with Crippen LogP contribution in [0, 0.1) is 10.8 Å². The first kappa shape index (κ1) is 20.3. The predicted molar refractivity (Wildman–Crippen MR) is 82.5 cm³/mol. The van der Waals surface area contributed by atoms with Crippen LogP contribution < -0.4 is 5.14 Å². The maximum Gasteiger partial charge on any atom is 0.311 e. The Morgan fingerprint density at radius 2 is 1.52 bits per heavy atom. The van der Waals surface area contributed by atoms with Gasteiger partial charge in [0.2, 0.25) is 10.0 Å². The molecule has 0 aromatic rings. The van der Waals surface area contributed by atoms with Gasteiger partial charge in [0.25, 0.3) is 0 Å². The van der Waals surface area contributed by atoms with Gasteiger partial charge in [-0.15, -0.1) is 0 Å². The summed E-state index contributed by atoms with van der Waals surface area (Å²) in [6, 6.07) is 0. The molecule has 0 spiro atoms. The van der Waals surface area contributed by atoms with Crippen molar-refractivity contribution in [1.82, 2.24) is 0 Å². The zero-order valence-corrected chi connectivity index (χ0v) is 14.3. The lowest BCUT2D eigenvalue weighted by atomic mass is 9.82. The molecule has 3 N–H and O–H groups in total. The van der Waals surface area contributed by atoms with E-state index < -0.39 is 26.8 Å². The molecule has 0 aromatic carbocycles. The van der Waals surface area contributed by atoms with Crippen molar-refractivity contribution < 1.29 is 23.1 Å². The molecule has 0 rings (SSSR count). The van der Waals surface area contributed by atoms with E-state index >= 15 is 0 Å². The third kappa shape index (κ3) is 5.92. The second-order valence-corrected chi connectivity index (χ2v) is 7.41. The SMILES string of the molecule is CCC(CC)(COCC(CC)(CC)C(=O)O)CS(N)(=O)=O. The Bertz CT molecular complexity index is 425. The minimum Gasteiger partial charge on any atom is -0.481 e. The number of ether oxygens (including phenoxy) is 1. The maximum absolute atomic E-state index is 11.4. The van der Waals surface area contributed by atoms with Gasteiger partial charge >= 0.3 is 5.97 Å². The van der Waals surface area contributed by atoms with E-state index in [1.165, 1.54) is 0 Å². The van der Waals surface area contributed by atoms with Crippen molar-refractivity contribution in [3.8, 4) is 0 Å². The van der Waals surface area contributed by atoms with Gasteiger partial charge in [0.05, 0.1) is 24.4 Å². The fraction of sp³-hybridized carbons (Fsp3) is 0.929. The molecular weight excluding hydrogens is 294 g/mol. The number of nitrogens with two attached hydrogens (primary N) is 1. The molecule has 0 radical (unpaired) electrons. The van der Waals surface area contributed by atoms with Crippen LogP contribution in [0.25, 0.3) is 0 Å². The molecule has 0 aromatic heterocycles. The normalized spacial score (nSPS) is 13.4. The average Bonchev–Trinajstić information content (AvgIpc) is 2.41. The number of sulfonamides is 1. The molecule has 0 amide bonds. The molecule has 0 aliphatic heterocycles. The van der Waals surface area contributed by atoms with E-state index in [0.717, 1.165) is 0 Å². The highest BCUT2D eigenvalue weighted by Gasteiger charge is 2.37. The molecule has 6 nitrogen and oxygen atoms in total. The first-order chi connectivity index (χ1) is 9.60. The summed E-state index contributed by atoms with van der Waals surface area (Å²) in [6.07, 6.45) is 2.16. The topological polar surface area (TPSA) is 107 Å². The van der Waals surface area contributed by atoms with Gasteiger partial charge in [-0.05, 0) is 25.7 Å². The summed E-state index contributed by atoms with van der Waals surface area (Å²) in [5.74, 6) is -1.02. The van der Waals surface area contributed by atoms with E-state index in [1.807, 2.05) is 27.7 Å². The predicted octanol–water partition coefficient (Wildman–Crippen LogP) is 1.99. The van der Waals surface area contributed by atoms with Gasteiger partial charge in [-0.3, -0.25) is 4.79 Å². The third-order valence-corrected chi connectivity index (χ3v) is 5.62. The van der Waals surface area contributed by atoms with Gasteiger partial charge in [-0.1, -0.05) is 27.7 Å². The van der Waals surface area contributed by atoms with E-state index in [0.29, 0.717) is 25.7 Å². The van der Waals surface area contributed by atoms with Crippen molar-refractivity contribution in [2.75, 3.05) is 19.0 Å². The number of carbonyl (C=O) groups is 1. The molecular formula is C14H29NO5S. The Balaban J connectivity index is 4.89. The number of rotatable bonds is 11. The van der Waals surface area contributed by atoms with Gasteiger partial charge in [-0.2, -0.15) is 0 Å². The summed E-state index contributed by atoms with van der Waals surface area (Å²) in [5, 5.41) is 14.5. The zero-order valence-electron chi connectivity index (χ0n) is 13.5. The molecule has 0 aliphatic rings. The minimum atomic E-state index is -3.60. The van der Waals surface area contributed by atoms with Gasteiger partial charge in [0.15, 0.2) is 0 Å². The molecule has 126 valence electrons. The van der Waals surface area contributed by atoms with E-state index in [-0.39, 0.29) is 19.0 Å². The van der Waals surface area contributed by atoms with Crippen LogP contribution in [0.4, 0.5) is 0 Å². The number of primary sulfonamides is 1. The van der Waals surface area contributed by atoms with Crippen molar-refractivity contribution >= 4 is 16.0 Å². The van der Waals surface area contributed by atoms with E-state index in [1.54, 1.807) is 0 Å². The molecule has 7 heteroatoms. The zero-order chi connectivity index (χ0) is 16.7. The third-order valence-electron chi connectivity index (χ3n) is 4.60. The highest BCUT2D eigenvalue weighted by molar-refractivity contribution is 7.89. The van der Waals surface area contributed by atoms with Crippen LogP contribution in [0.15, 0.2) is 0 Å². The number of carboxylic acids is 1. The number of hydrogen-bond donors (Lipinski definition) is 2. The lowest BCUT2D eigenvalue weighted by molar-refractivity contribution is -0.154. The first-order valence-corrected chi connectivity index (χ1v) is 9.13. The fourth-order valence-electron chi connectivity index (χ4n) is 2.41. The quantitative estimate of drug-likeness (QED) is 0.604. The van der Waals surface area contributed by atoms with Crippen molar-refractivity contribution in [2.45, 2.75) is 53.4 Å². The molecule has 21 heavy (non-hydrogen) atoms. The van der Waals surface area contributed by atoms with Gasteiger partial charge < -0.3 is 9.84 Å². The molecule has 0 heterocycles. The summed E-state index contributed by atoms with van der Waals surface area (Å²) < 4.78 is 28.4. The van der Waals surface area contributed by atoms with E-state index in [4.69, 9.17) is 9.88 Å². The van der Waals surface area contributed by atoms with Crippen LogP contribution in [-0.4, -0.2) is 38.5 Å². The van der Waals surface area contributed by atoms with E-state index in [2.05, 4.69) is 0 Å². The molecule has 0 fully saturated rings. The number of carboxylic acid groups (broad SMARTS) is 1. The summed E-state index contributed by atoms with van der Waals surface area (Å²) >= 11 is 0. The van der Waals surface area contributed by atoms with E-state index in [9.17, 15) is 18.3 Å². The van der Waals surface area contributed by atoms with Crippen molar-refractivity contribution in [1.29, 1.82) is 0 Å². The van der Waals surface area contributed by atoms with Crippen LogP contribution in [0.5, 0.6) is 0 Å². The lowest BCUT2D eigenvalue weighted by Gasteiger charge is -2.33. The van der Waals surface area contributed by atoms with Crippen molar-refractivity contribution in [3.05, 3.63) is 0 Å². The summed E-state index contributed by atoms with van der Waals surface area (Å²) in [6.45, 7) is 7.70. The van der Waals surface area contributed by atoms with Gasteiger partial charge in [0.1, 0.15) is 0 Å². The Morgan fingerprint density at radius 3 is 1.81 bits per heavy atom. The summed E-state index contributed by atoms with van der Waals surface area (Å²) in [7, 11) is -3.60. The summed E-state index contributed by atoms with van der Waals surface area (Å²) in [4.78, 5) is 11.4. The van der Waals surface area contributed by atoms with Crippen LogP contribution in [-0.2, 0) is 19.6 Å². The molecule has 0 atom stereocenters. The maximum atomic E-state index is 11.4. The second kappa shape index (κ2) is 8.10. The van der Waals surface area contributed by atoms with Gasteiger partial charge in [0, 0.05) is 5.41 Å². The minimum absolute atomic E-state index is 0.0850. The Hall–Kier alpha value is -0.660. The Kier molecular flexibility index (Phi) is 7.84. The number of hydrogen-bond acceptors (Lipinski definition) is 4. The number of aliphatic carboxylic acids is 1. The average molecular weight is 323 g/mol. The standard InChI is InChI=1S/C14H29NO5S/c1-5-13(6-2,11-21(15,18)19)9-20-10-14(7-3,8-4)12(16)17/h5-11H2,1-4H3,(H,16,17)(H2,15,18,19). The molecule has 0 saturated heterocycles. The van der Waals surface area contributed by atoms with Crippen LogP contribution in [0.2, 0.25) is 0 Å². The van der Waals surface area contributed by atoms with Crippen LogP contribution >= 0.6 is 0 Å². The fourth-order valence-corrected chi connectivity index (χ4v) is 3.75. The van der Waals surface area contributed by atoms with Crippen LogP contribution in [0.3, 0.4) is 0 Å². The summed E-state index contributed by atoms with van der Waals surface area (Å²) in [5.41, 5.74) is -1.46. The highest BCUT2D eigenvalue weighted by atomic mass is 32.2. The van der Waals surface area contributed by atoms with Gasteiger partial charge in [-0.25, -0.2) is 13.6 Å². The molecule has 0 bridgehead atoms. The van der Waals surface area contributed by atoms with Crippen molar-refractivity contribution in [3.63, 3.8) is 0 Å². The Labute approximate surface area is 128 Å². The second-order valence-electron chi connectivity index (χ2n) is 5.80. The van der Waals surface area contributed by atoms with Crippen molar-refractivity contribution in [2.24, 2.45) is 16.0 Å². The lowest BCUT2D eigenvalue weighted by Crippen LogP contribution is -2.40. The highest BCUT2D eigenvalue weighted by Crippen LogP contribution is 2.31. The molecule has 0 aliphatic carbocycles. The first-order valence-electron chi connectivity index (χ1n) is 7.42. The molecule has 0 saturated carbocycles. The molecule has 0 unspecified atom stereocenters. The van der Waals surface area contributed by atoms with Crippen LogP contribution in [0.1, 0.15) is 53.4 Å². The smallest absolute Gasteiger partial charge is 0.311 e. The largest absolute Gasteiger partial charge is 0.481 e.